The van der Waals surface area contributed by atoms with E-state index in [9.17, 15) is 0 Å². The molecule has 7 nitrogen and oxygen atoms in total. The lowest BCUT2D eigenvalue weighted by molar-refractivity contribution is 0.203. The third-order valence-electron chi connectivity index (χ3n) is 2.13. The molecule has 5 N–H and O–H groups in total. The summed E-state index contributed by atoms with van der Waals surface area (Å²) in [5.41, 5.74) is 2.51. The lowest BCUT2D eigenvalue weighted by Crippen LogP contribution is -2.42. The van der Waals surface area contributed by atoms with Gasteiger partial charge in [0, 0.05) is 39.0 Å². The van der Waals surface area contributed by atoms with Crippen molar-refractivity contribution in [1.29, 1.82) is 0 Å². The number of hydrazine groups is 1. The van der Waals surface area contributed by atoms with Crippen LogP contribution in [-0.2, 0) is 11.2 Å². The minimum absolute atomic E-state index is 0.585. The van der Waals surface area contributed by atoms with Crippen LogP contribution < -0.4 is 16.6 Å². The maximum absolute atomic E-state index is 5.33. The molecule has 0 saturated heterocycles. The summed E-state index contributed by atoms with van der Waals surface area (Å²) in [4.78, 5) is 11.5. The van der Waals surface area contributed by atoms with E-state index in [1.807, 2.05) is 6.20 Å². The molecule has 17 heavy (non-hydrogen) atoms. The monoisotopic (exact) mass is 240 g/mol. The zero-order valence-electron chi connectivity index (χ0n) is 10.1. The van der Waals surface area contributed by atoms with Gasteiger partial charge in [-0.3, -0.25) is 10.4 Å². The Morgan fingerprint density at radius 3 is 3.18 bits per heavy atom. The largest absolute Gasteiger partial charge is 0.383 e. The Kier molecular flexibility index (Phi) is 6.76. The second kappa shape index (κ2) is 8.54. The van der Waals surface area contributed by atoms with Crippen LogP contribution in [0.15, 0.2) is 17.4 Å². The second-order valence-corrected chi connectivity index (χ2v) is 3.43. The number of nitrogens with one attached hydrogen (secondary N) is 3. The van der Waals surface area contributed by atoms with Crippen molar-refractivity contribution in [1.82, 2.24) is 20.7 Å². The van der Waals surface area contributed by atoms with Gasteiger partial charge in [0.1, 0.15) is 5.82 Å². The molecule has 96 valence electrons. The van der Waals surface area contributed by atoms with Crippen LogP contribution in [-0.4, -0.2) is 42.7 Å². The summed E-state index contributed by atoms with van der Waals surface area (Å²) >= 11 is 0. The van der Waals surface area contributed by atoms with E-state index in [-0.39, 0.29) is 0 Å². The van der Waals surface area contributed by atoms with Gasteiger partial charge in [-0.25, -0.2) is 10.8 Å². The third kappa shape index (κ3) is 5.88. The molecule has 1 aromatic rings. The summed E-state index contributed by atoms with van der Waals surface area (Å²) in [6, 6.07) is 0. The molecule has 0 radical (unpaired) electrons. The Labute approximate surface area is 101 Å². The van der Waals surface area contributed by atoms with E-state index in [0.717, 1.165) is 18.7 Å². The zero-order chi connectivity index (χ0) is 12.3. The van der Waals surface area contributed by atoms with Crippen LogP contribution in [0, 0.1) is 0 Å². The van der Waals surface area contributed by atoms with E-state index in [1.54, 1.807) is 13.3 Å². The average Bonchev–Trinajstić information content (AvgIpc) is 2.85. The highest BCUT2D eigenvalue weighted by Gasteiger charge is 1.96. The van der Waals surface area contributed by atoms with Crippen LogP contribution >= 0.6 is 0 Å². The standard InChI is InChI=1S/C10H20N6O/c1-17-8-7-15-10(16-11)14-4-2-3-9-12-5-6-13-9/h5-6H,2-4,7-8,11H2,1H3,(H,12,13)(H2,14,15,16). The van der Waals surface area contributed by atoms with Gasteiger partial charge >= 0.3 is 0 Å². The molecule has 0 amide bonds. The minimum Gasteiger partial charge on any atom is -0.383 e. The molecule has 0 aliphatic heterocycles. The number of aromatic amines is 1. The molecule has 0 aromatic carbocycles. The number of H-pyrrole nitrogens is 1. The molecule has 7 heteroatoms. The number of rotatable bonds is 7. The SMILES string of the molecule is COCCNC(=NCCCc1ncc[nH]1)NN. The summed E-state index contributed by atoms with van der Waals surface area (Å²) in [5.74, 6) is 6.90. The number of nitrogens with zero attached hydrogens (tertiary/aromatic N) is 2. The Bertz CT molecular complexity index is 311. The number of aromatic nitrogens is 2. The predicted octanol–water partition coefficient (Wildman–Crippen LogP) is -0.602. The smallest absolute Gasteiger partial charge is 0.205 e. The second-order valence-electron chi connectivity index (χ2n) is 3.43. The highest BCUT2D eigenvalue weighted by atomic mass is 16.5. The average molecular weight is 240 g/mol. The third-order valence-corrected chi connectivity index (χ3v) is 2.13. The van der Waals surface area contributed by atoms with Crippen molar-refractivity contribution in [3.05, 3.63) is 18.2 Å². The number of hydrogen-bond acceptors (Lipinski definition) is 4. The van der Waals surface area contributed by atoms with E-state index < -0.39 is 0 Å². The Hall–Kier alpha value is -1.60. The molecule has 0 bridgehead atoms. The van der Waals surface area contributed by atoms with Crippen molar-refractivity contribution in [3.63, 3.8) is 0 Å². The van der Waals surface area contributed by atoms with Gasteiger partial charge in [0.05, 0.1) is 6.61 Å². The maximum Gasteiger partial charge on any atom is 0.205 e. The van der Waals surface area contributed by atoms with E-state index in [0.29, 0.717) is 25.7 Å². The molecule has 0 fully saturated rings. The molecule has 0 unspecified atom stereocenters. The van der Waals surface area contributed by atoms with E-state index in [1.165, 1.54) is 0 Å². The first kappa shape index (κ1) is 13.5. The van der Waals surface area contributed by atoms with Gasteiger partial charge in [-0.2, -0.15) is 0 Å². The molecule has 0 aliphatic carbocycles. The normalized spacial score (nSPS) is 11.5. The molecule has 0 saturated carbocycles. The molecule has 1 aromatic heterocycles. The number of methoxy groups -OCH3 is 1. The summed E-state index contributed by atoms with van der Waals surface area (Å²) in [6.45, 7) is 1.99. The van der Waals surface area contributed by atoms with E-state index in [4.69, 9.17) is 10.6 Å². The predicted molar refractivity (Wildman–Crippen MR) is 66.4 cm³/mol. The molecule has 1 heterocycles. The molecule has 0 spiro atoms. The first-order chi connectivity index (χ1) is 8.36. The zero-order valence-corrected chi connectivity index (χ0v) is 10.1. The highest BCUT2D eigenvalue weighted by Crippen LogP contribution is 1.94. The van der Waals surface area contributed by atoms with Crippen LogP contribution in [0.1, 0.15) is 12.2 Å². The summed E-state index contributed by atoms with van der Waals surface area (Å²) in [6.07, 6.45) is 5.37. The van der Waals surface area contributed by atoms with Crippen LogP contribution in [0.25, 0.3) is 0 Å². The van der Waals surface area contributed by atoms with Gasteiger partial charge in [-0.1, -0.05) is 0 Å². The summed E-state index contributed by atoms with van der Waals surface area (Å²) in [7, 11) is 1.65. The highest BCUT2D eigenvalue weighted by molar-refractivity contribution is 5.79. The summed E-state index contributed by atoms with van der Waals surface area (Å²) < 4.78 is 4.91. The van der Waals surface area contributed by atoms with Gasteiger partial charge in [0.25, 0.3) is 0 Å². The van der Waals surface area contributed by atoms with Gasteiger partial charge in [0.15, 0.2) is 0 Å². The lowest BCUT2D eigenvalue weighted by atomic mass is 10.3. The quantitative estimate of drug-likeness (QED) is 0.168. The first-order valence-corrected chi connectivity index (χ1v) is 5.59. The number of ether oxygens (including phenoxy) is 1. The molecular weight excluding hydrogens is 220 g/mol. The van der Waals surface area contributed by atoms with E-state index >= 15 is 0 Å². The molecular formula is C10H20N6O. The van der Waals surface area contributed by atoms with Crippen LogP contribution in [0.4, 0.5) is 0 Å². The Morgan fingerprint density at radius 1 is 1.65 bits per heavy atom. The fraction of sp³-hybridized carbons (Fsp3) is 0.600. The maximum atomic E-state index is 5.33. The first-order valence-electron chi connectivity index (χ1n) is 5.59. The molecule has 0 atom stereocenters. The number of imidazole rings is 1. The van der Waals surface area contributed by atoms with Gasteiger partial charge < -0.3 is 15.0 Å². The number of guanidine groups is 1. The van der Waals surface area contributed by atoms with Gasteiger partial charge in [-0.15, -0.1) is 0 Å². The van der Waals surface area contributed by atoms with Crippen molar-refractivity contribution in [2.75, 3.05) is 26.8 Å². The fourth-order valence-corrected chi connectivity index (χ4v) is 1.30. The number of nitrogens with two attached hydrogens (primary N) is 1. The number of hydrogen-bond donors (Lipinski definition) is 4. The van der Waals surface area contributed by atoms with Crippen LogP contribution in [0.2, 0.25) is 0 Å². The minimum atomic E-state index is 0.585. The summed E-state index contributed by atoms with van der Waals surface area (Å²) in [5, 5.41) is 3.03. The lowest BCUT2D eigenvalue weighted by Gasteiger charge is -2.08. The number of aliphatic imine (C=N–C) groups is 1. The van der Waals surface area contributed by atoms with Crippen molar-refractivity contribution in [2.45, 2.75) is 12.8 Å². The van der Waals surface area contributed by atoms with Gasteiger partial charge in [0.2, 0.25) is 5.96 Å². The van der Waals surface area contributed by atoms with Crippen molar-refractivity contribution >= 4 is 5.96 Å². The Morgan fingerprint density at radius 2 is 2.53 bits per heavy atom. The Balaban J connectivity index is 2.16. The van der Waals surface area contributed by atoms with Crippen molar-refractivity contribution in [2.24, 2.45) is 10.8 Å². The molecule has 0 aliphatic rings. The van der Waals surface area contributed by atoms with Crippen LogP contribution in [0.3, 0.4) is 0 Å². The van der Waals surface area contributed by atoms with Crippen LogP contribution in [0.5, 0.6) is 0 Å². The van der Waals surface area contributed by atoms with Crippen molar-refractivity contribution < 1.29 is 4.74 Å². The van der Waals surface area contributed by atoms with Crippen molar-refractivity contribution in [3.8, 4) is 0 Å². The number of aryl methyl sites for hydroxylation is 1. The van der Waals surface area contributed by atoms with E-state index in [2.05, 4.69) is 25.7 Å². The fourth-order valence-electron chi connectivity index (χ4n) is 1.30. The van der Waals surface area contributed by atoms with Gasteiger partial charge in [-0.05, 0) is 6.42 Å². The molecule has 1 rings (SSSR count). The topological polar surface area (TPSA) is 100 Å².